The predicted molar refractivity (Wildman–Crippen MR) is 78.8 cm³/mol. The number of hydrogen-bond acceptors (Lipinski definition) is 3. The molecular weight excluding hydrogens is 252 g/mol. The summed E-state index contributed by atoms with van der Waals surface area (Å²) in [5.41, 5.74) is 3.08. The molecule has 0 bridgehead atoms. The number of carbonyl (C=O) groups is 1. The largest absolute Gasteiger partial charge is 0.497 e. The molecule has 2 aromatic rings. The van der Waals surface area contributed by atoms with Crippen LogP contribution in [0, 0.1) is 0 Å². The minimum Gasteiger partial charge on any atom is -0.497 e. The second-order valence-electron chi connectivity index (χ2n) is 4.58. The smallest absolute Gasteiger partial charge is 0.150 e. The lowest BCUT2D eigenvalue weighted by molar-refractivity contribution is 0.112. The summed E-state index contributed by atoms with van der Waals surface area (Å²) < 4.78 is 10.5. The summed E-state index contributed by atoms with van der Waals surface area (Å²) in [6, 6.07) is 13.6. The van der Waals surface area contributed by atoms with Crippen molar-refractivity contribution < 1.29 is 14.3 Å². The Morgan fingerprint density at radius 1 is 0.850 bits per heavy atom. The normalized spacial score (nSPS) is 10.1. The molecule has 0 fully saturated rings. The van der Waals surface area contributed by atoms with Crippen molar-refractivity contribution >= 4 is 6.29 Å². The molecule has 0 atom stereocenters. The summed E-state index contributed by atoms with van der Waals surface area (Å²) in [5.74, 6) is 1.60. The van der Waals surface area contributed by atoms with Gasteiger partial charge < -0.3 is 9.47 Å². The molecule has 2 aromatic carbocycles. The van der Waals surface area contributed by atoms with Crippen molar-refractivity contribution in [2.75, 3.05) is 14.2 Å². The van der Waals surface area contributed by atoms with Gasteiger partial charge in [0, 0.05) is 11.6 Å². The summed E-state index contributed by atoms with van der Waals surface area (Å²) in [4.78, 5) is 10.6. The Kier molecular flexibility index (Phi) is 4.77. The SMILES string of the molecule is COc1cc(CCc2ccc(C=O)cc2)cc(OC)c1. The fourth-order valence-electron chi connectivity index (χ4n) is 2.06. The number of carbonyl (C=O) groups excluding carboxylic acids is 1. The van der Waals surface area contributed by atoms with E-state index < -0.39 is 0 Å². The molecule has 104 valence electrons. The second kappa shape index (κ2) is 6.75. The third kappa shape index (κ3) is 3.60. The molecule has 0 unspecified atom stereocenters. The standard InChI is InChI=1S/C17H18O3/c1-19-16-9-15(10-17(11-16)20-2)8-5-13-3-6-14(12-18)7-4-13/h3-4,6-7,9-12H,5,8H2,1-2H3. The number of rotatable bonds is 6. The first-order valence-corrected chi connectivity index (χ1v) is 6.51. The summed E-state index contributed by atoms with van der Waals surface area (Å²) >= 11 is 0. The zero-order valence-corrected chi connectivity index (χ0v) is 11.8. The van der Waals surface area contributed by atoms with Gasteiger partial charge in [0.2, 0.25) is 0 Å². The Balaban J connectivity index is 2.07. The first-order valence-electron chi connectivity index (χ1n) is 6.51. The average molecular weight is 270 g/mol. The Morgan fingerprint density at radius 3 is 1.90 bits per heavy atom. The van der Waals surface area contributed by atoms with Crippen molar-refractivity contribution in [3.8, 4) is 11.5 Å². The van der Waals surface area contributed by atoms with Gasteiger partial charge in [-0.1, -0.05) is 24.3 Å². The number of ether oxygens (including phenoxy) is 2. The molecule has 0 saturated carbocycles. The van der Waals surface area contributed by atoms with Crippen molar-refractivity contribution in [1.82, 2.24) is 0 Å². The quantitative estimate of drug-likeness (QED) is 0.755. The number of aldehydes is 1. The van der Waals surface area contributed by atoms with Gasteiger partial charge in [0.05, 0.1) is 14.2 Å². The van der Waals surface area contributed by atoms with Gasteiger partial charge in [0.15, 0.2) is 0 Å². The highest BCUT2D eigenvalue weighted by Crippen LogP contribution is 2.23. The summed E-state index contributed by atoms with van der Waals surface area (Å²) in [5, 5.41) is 0. The van der Waals surface area contributed by atoms with Crippen molar-refractivity contribution in [3.63, 3.8) is 0 Å². The van der Waals surface area contributed by atoms with E-state index >= 15 is 0 Å². The van der Waals surface area contributed by atoms with Crippen LogP contribution < -0.4 is 9.47 Å². The molecule has 0 aliphatic rings. The highest BCUT2D eigenvalue weighted by Gasteiger charge is 2.03. The summed E-state index contributed by atoms with van der Waals surface area (Å²) in [6.45, 7) is 0. The fraction of sp³-hybridized carbons (Fsp3) is 0.235. The molecule has 0 saturated heterocycles. The van der Waals surface area contributed by atoms with E-state index in [1.165, 1.54) is 11.1 Å². The number of hydrogen-bond donors (Lipinski definition) is 0. The molecule has 0 amide bonds. The van der Waals surface area contributed by atoms with Crippen LogP contribution in [0.15, 0.2) is 42.5 Å². The van der Waals surface area contributed by atoms with E-state index in [0.29, 0.717) is 5.56 Å². The summed E-state index contributed by atoms with van der Waals surface area (Å²) in [7, 11) is 3.30. The first kappa shape index (κ1) is 14.1. The highest BCUT2D eigenvalue weighted by atomic mass is 16.5. The van der Waals surface area contributed by atoms with Crippen molar-refractivity contribution in [3.05, 3.63) is 59.2 Å². The molecule has 2 rings (SSSR count). The van der Waals surface area contributed by atoms with E-state index in [-0.39, 0.29) is 0 Å². The highest BCUT2D eigenvalue weighted by molar-refractivity contribution is 5.74. The van der Waals surface area contributed by atoms with Gasteiger partial charge in [0.25, 0.3) is 0 Å². The molecule has 0 spiro atoms. The van der Waals surface area contributed by atoms with Gasteiger partial charge in [-0.15, -0.1) is 0 Å². The van der Waals surface area contributed by atoms with Crippen LogP contribution in [0.2, 0.25) is 0 Å². The Labute approximate surface area is 119 Å². The van der Waals surface area contributed by atoms with Gasteiger partial charge in [-0.3, -0.25) is 4.79 Å². The van der Waals surface area contributed by atoms with E-state index in [2.05, 4.69) is 0 Å². The zero-order chi connectivity index (χ0) is 14.4. The van der Waals surface area contributed by atoms with Crippen LogP contribution in [0.1, 0.15) is 21.5 Å². The summed E-state index contributed by atoms with van der Waals surface area (Å²) in [6.07, 6.45) is 2.67. The van der Waals surface area contributed by atoms with Gasteiger partial charge in [-0.2, -0.15) is 0 Å². The van der Waals surface area contributed by atoms with Crippen molar-refractivity contribution in [1.29, 1.82) is 0 Å². The molecule has 0 heterocycles. The molecule has 0 N–H and O–H groups in total. The van der Waals surface area contributed by atoms with E-state index in [4.69, 9.17) is 9.47 Å². The van der Waals surface area contributed by atoms with E-state index in [9.17, 15) is 4.79 Å². The van der Waals surface area contributed by atoms with E-state index in [1.807, 2.05) is 42.5 Å². The minimum atomic E-state index is 0.705. The van der Waals surface area contributed by atoms with Crippen LogP contribution in [0.3, 0.4) is 0 Å². The maximum Gasteiger partial charge on any atom is 0.150 e. The van der Waals surface area contributed by atoms with Crippen molar-refractivity contribution in [2.24, 2.45) is 0 Å². The van der Waals surface area contributed by atoms with E-state index in [0.717, 1.165) is 30.6 Å². The molecule has 3 heteroatoms. The van der Waals surface area contributed by atoms with Gasteiger partial charge in [0.1, 0.15) is 17.8 Å². The van der Waals surface area contributed by atoms with E-state index in [1.54, 1.807) is 14.2 Å². The molecule has 0 aliphatic heterocycles. The van der Waals surface area contributed by atoms with Gasteiger partial charge in [-0.25, -0.2) is 0 Å². The lowest BCUT2D eigenvalue weighted by atomic mass is 10.0. The van der Waals surface area contributed by atoms with Crippen LogP contribution >= 0.6 is 0 Å². The predicted octanol–water partition coefficient (Wildman–Crippen LogP) is 3.30. The van der Waals surface area contributed by atoms with Crippen molar-refractivity contribution in [2.45, 2.75) is 12.8 Å². The monoisotopic (exact) mass is 270 g/mol. The number of methoxy groups -OCH3 is 2. The third-order valence-corrected chi connectivity index (χ3v) is 3.23. The van der Waals surface area contributed by atoms with Gasteiger partial charge >= 0.3 is 0 Å². The van der Waals surface area contributed by atoms with Crippen LogP contribution in [-0.4, -0.2) is 20.5 Å². The maximum absolute atomic E-state index is 10.6. The molecule has 0 aliphatic carbocycles. The fourth-order valence-corrected chi connectivity index (χ4v) is 2.06. The maximum atomic E-state index is 10.6. The number of aryl methyl sites for hydroxylation is 2. The van der Waals surface area contributed by atoms with Crippen LogP contribution in [-0.2, 0) is 12.8 Å². The molecule has 20 heavy (non-hydrogen) atoms. The Bertz CT molecular complexity index is 551. The van der Waals surface area contributed by atoms with Crippen LogP contribution in [0.4, 0.5) is 0 Å². The number of benzene rings is 2. The molecular formula is C17H18O3. The first-order chi connectivity index (χ1) is 9.75. The Hall–Kier alpha value is -2.29. The lowest BCUT2D eigenvalue weighted by Crippen LogP contribution is -1.95. The molecule has 0 aromatic heterocycles. The third-order valence-electron chi connectivity index (χ3n) is 3.23. The lowest BCUT2D eigenvalue weighted by Gasteiger charge is -2.08. The second-order valence-corrected chi connectivity index (χ2v) is 4.58. The molecule has 0 radical (unpaired) electrons. The van der Waals surface area contributed by atoms with Crippen LogP contribution in [0.5, 0.6) is 11.5 Å². The zero-order valence-electron chi connectivity index (χ0n) is 11.8. The molecule has 3 nitrogen and oxygen atoms in total. The topological polar surface area (TPSA) is 35.5 Å². The Morgan fingerprint density at radius 2 is 1.40 bits per heavy atom. The minimum absolute atomic E-state index is 0.705. The average Bonchev–Trinajstić information content (AvgIpc) is 2.53. The van der Waals surface area contributed by atoms with Gasteiger partial charge in [-0.05, 0) is 36.1 Å². The van der Waals surface area contributed by atoms with Crippen LogP contribution in [0.25, 0.3) is 0 Å².